The second kappa shape index (κ2) is 5.76. The average Bonchev–Trinajstić information content (AvgIpc) is 3.00. The van der Waals surface area contributed by atoms with Crippen LogP contribution in [0.4, 0.5) is 0 Å². The van der Waals surface area contributed by atoms with Gasteiger partial charge in [0.25, 0.3) is 5.56 Å². The molecule has 7 heteroatoms. The van der Waals surface area contributed by atoms with Gasteiger partial charge < -0.3 is 14.5 Å². The fraction of sp³-hybridized carbons (Fsp3) is 0.267. The summed E-state index contributed by atoms with van der Waals surface area (Å²) in [7, 11) is 0. The molecule has 22 heavy (non-hydrogen) atoms. The maximum Gasteiger partial charge on any atom is 0.343 e. The first-order valence-electron chi connectivity index (χ1n) is 6.77. The van der Waals surface area contributed by atoms with Crippen LogP contribution in [0.25, 0.3) is 0 Å². The maximum absolute atomic E-state index is 12.2. The molecule has 3 rings (SSSR count). The Morgan fingerprint density at radius 2 is 2.32 bits per heavy atom. The van der Waals surface area contributed by atoms with Gasteiger partial charge in [-0.2, -0.15) is 11.3 Å². The van der Waals surface area contributed by atoms with E-state index in [0.717, 1.165) is 5.56 Å². The van der Waals surface area contributed by atoms with Gasteiger partial charge in [-0.15, -0.1) is 0 Å². The molecular weight excluding hydrogens is 306 g/mol. The molecule has 1 N–H and O–H groups in total. The number of nitrogens with one attached hydrogen (secondary N) is 1. The first-order chi connectivity index (χ1) is 10.6. The highest BCUT2D eigenvalue weighted by molar-refractivity contribution is 7.08. The van der Waals surface area contributed by atoms with Crippen LogP contribution in [0.3, 0.4) is 0 Å². The quantitative estimate of drug-likeness (QED) is 0.875. The molecular formula is C15H13NO5S. The highest BCUT2D eigenvalue weighted by atomic mass is 32.1. The highest BCUT2D eigenvalue weighted by Gasteiger charge is 2.34. The second-order valence-corrected chi connectivity index (χ2v) is 5.56. The lowest BCUT2D eigenvalue weighted by Crippen LogP contribution is -2.29. The molecule has 0 fully saturated rings. The number of carbonyl (C=O) groups excluding carboxylic acids is 2. The molecule has 0 saturated carbocycles. The number of ether oxygens (including phenoxy) is 2. The van der Waals surface area contributed by atoms with Crippen molar-refractivity contribution in [2.24, 2.45) is 0 Å². The minimum Gasteiger partial charge on any atom is -0.462 e. The van der Waals surface area contributed by atoms with E-state index in [1.807, 2.05) is 16.8 Å². The second-order valence-electron chi connectivity index (χ2n) is 4.78. The third-order valence-corrected chi connectivity index (χ3v) is 4.16. The van der Waals surface area contributed by atoms with Gasteiger partial charge in [-0.05, 0) is 29.3 Å². The van der Waals surface area contributed by atoms with Crippen molar-refractivity contribution in [2.45, 2.75) is 19.3 Å². The van der Waals surface area contributed by atoms with Gasteiger partial charge in [0.1, 0.15) is 5.56 Å². The van der Waals surface area contributed by atoms with Crippen molar-refractivity contribution >= 4 is 23.3 Å². The van der Waals surface area contributed by atoms with E-state index in [-0.39, 0.29) is 29.9 Å². The summed E-state index contributed by atoms with van der Waals surface area (Å²) in [6.45, 7) is 1.87. The predicted molar refractivity (Wildman–Crippen MR) is 79.4 cm³/mol. The van der Waals surface area contributed by atoms with Gasteiger partial charge in [0.2, 0.25) is 0 Å². The smallest absolute Gasteiger partial charge is 0.343 e. The Morgan fingerprint density at radius 1 is 1.50 bits per heavy atom. The molecule has 0 radical (unpaired) electrons. The number of aromatic nitrogens is 1. The van der Waals surface area contributed by atoms with Gasteiger partial charge in [0.05, 0.1) is 18.6 Å². The van der Waals surface area contributed by atoms with Crippen molar-refractivity contribution in [1.29, 1.82) is 0 Å². The van der Waals surface area contributed by atoms with Gasteiger partial charge in [-0.1, -0.05) is 0 Å². The molecule has 3 heterocycles. The number of hydrogen-bond acceptors (Lipinski definition) is 6. The van der Waals surface area contributed by atoms with Crippen LogP contribution >= 0.6 is 11.3 Å². The van der Waals surface area contributed by atoms with Crippen LogP contribution in [0.5, 0.6) is 5.75 Å². The average molecular weight is 319 g/mol. The van der Waals surface area contributed by atoms with Crippen LogP contribution in [0.15, 0.2) is 27.8 Å². The molecule has 1 atom stereocenters. The lowest BCUT2D eigenvalue weighted by molar-refractivity contribution is -0.135. The Kier molecular flexibility index (Phi) is 3.81. The van der Waals surface area contributed by atoms with Gasteiger partial charge in [-0.25, -0.2) is 4.79 Å². The van der Waals surface area contributed by atoms with E-state index in [9.17, 15) is 14.4 Å². The molecule has 0 bridgehead atoms. The van der Waals surface area contributed by atoms with Crippen LogP contribution < -0.4 is 10.3 Å². The topological polar surface area (TPSA) is 85.5 Å². The minimum atomic E-state index is -0.631. The molecule has 0 spiro atoms. The number of pyridine rings is 1. The number of fused-ring (bicyclic) bond motifs is 1. The third kappa shape index (κ3) is 2.43. The number of aromatic amines is 1. The first kappa shape index (κ1) is 14.5. The molecule has 2 aromatic heterocycles. The molecule has 0 aromatic carbocycles. The SMILES string of the molecule is CCOC(=O)c1c[nH]c(=O)c2c1OC(=O)C[C@@H]2c1ccsc1. The van der Waals surface area contributed by atoms with Gasteiger partial charge in [-0.3, -0.25) is 9.59 Å². The third-order valence-electron chi connectivity index (χ3n) is 3.46. The van der Waals surface area contributed by atoms with Crippen molar-refractivity contribution in [3.05, 3.63) is 50.1 Å². The van der Waals surface area contributed by atoms with Gasteiger partial charge in [0.15, 0.2) is 5.75 Å². The zero-order valence-electron chi connectivity index (χ0n) is 11.8. The fourth-order valence-corrected chi connectivity index (χ4v) is 3.21. The number of H-pyrrole nitrogens is 1. The van der Waals surface area contributed by atoms with Crippen molar-refractivity contribution in [3.63, 3.8) is 0 Å². The van der Waals surface area contributed by atoms with E-state index in [0.29, 0.717) is 5.56 Å². The standard InChI is InChI=1S/C15H13NO5S/c1-2-20-15(19)10-6-16-14(18)12-9(8-3-4-22-7-8)5-11(17)21-13(10)12/h3-4,6-7,9H,2,5H2,1H3,(H,16,18)/t9-/m1/s1. The summed E-state index contributed by atoms with van der Waals surface area (Å²) in [5, 5.41) is 3.75. The van der Waals surface area contributed by atoms with E-state index >= 15 is 0 Å². The van der Waals surface area contributed by atoms with Gasteiger partial charge >= 0.3 is 11.9 Å². The van der Waals surface area contributed by atoms with Crippen molar-refractivity contribution in [3.8, 4) is 5.75 Å². The van der Waals surface area contributed by atoms with Crippen LogP contribution in [0.2, 0.25) is 0 Å². The Bertz CT molecular complexity index is 778. The Morgan fingerprint density at radius 3 is 3.00 bits per heavy atom. The van der Waals surface area contributed by atoms with E-state index < -0.39 is 17.9 Å². The molecule has 2 aromatic rings. The molecule has 1 aliphatic rings. The lowest BCUT2D eigenvalue weighted by atomic mass is 9.88. The minimum absolute atomic E-state index is 0.00894. The molecule has 6 nitrogen and oxygen atoms in total. The summed E-state index contributed by atoms with van der Waals surface area (Å²) < 4.78 is 10.1. The summed E-state index contributed by atoms with van der Waals surface area (Å²) in [5.41, 5.74) is 0.842. The van der Waals surface area contributed by atoms with Crippen molar-refractivity contribution < 1.29 is 19.1 Å². The number of hydrogen-bond donors (Lipinski definition) is 1. The van der Waals surface area contributed by atoms with Crippen LogP contribution in [-0.2, 0) is 9.53 Å². The number of carbonyl (C=O) groups is 2. The monoisotopic (exact) mass is 319 g/mol. The molecule has 0 aliphatic carbocycles. The summed E-state index contributed by atoms with van der Waals surface area (Å²) in [6, 6.07) is 1.86. The van der Waals surface area contributed by atoms with E-state index in [4.69, 9.17) is 9.47 Å². The van der Waals surface area contributed by atoms with Crippen molar-refractivity contribution in [1.82, 2.24) is 4.98 Å². The van der Waals surface area contributed by atoms with Crippen LogP contribution in [0, 0.1) is 0 Å². The van der Waals surface area contributed by atoms with E-state index in [1.54, 1.807) is 6.92 Å². The Labute approximate surface area is 129 Å². The largest absolute Gasteiger partial charge is 0.462 e. The Balaban J connectivity index is 2.18. The fourth-order valence-electron chi connectivity index (χ4n) is 2.50. The maximum atomic E-state index is 12.2. The molecule has 0 unspecified atom stereocenters. The normalized spacial score (nSPS) is 16.8. The number of rotatable bonds is 3. The zero-order valence-corrected chi connectivity index (χ0v) is 12.6. The van der Waals surface area contributed by atoms with Gasteiger partial charge in [0, 0.05) is 12.1 Å². The van der Waals surface area contributed by atoms with Crippen LogP contribution in [0.1, 0.15) is 40.7 Å². The van der Waals surface area contributed by atoms with Crippen LogP contribution in [-0.4, -0.2) is 23.5 Å². The Hall–Kier alpha value is -2.41. The first-order valence-corrected chi connectivity index (χ1v) is 7.71. The zero-order chi connectivity index (χ0) is 15.7. The number of esters is 2. The summed E-state index contributed by atoms with van der Waals surface area (Å²) in [5.74, 6) is -1.51. The predicted octanol–water partition coefficient (Wildman–Crippen LogP) is 2.05. The molecule has 114 valence electrons. The molecule has 0 saturated heterocycles. The van der Waals surface area contributed by atoms with E-state index in [1.165, 1.54) is 17.5 Å². The van der Waals surface area contributed by atoms with E-state index in [2.05, 4.69) is 4.98 Å². The summed E-state index contributed by atoms with van der Waals surface area (Å²) in [6.07, 6.45) is 1.29. The molecule has 1 aliphatic heterocycles. The summed E-state index contributed by atoms with van der Waals surface area (Å²) in [4.78, 5) is 38.6. The lowest BCUT2D eigenvalue weighted by Gasteiger charge is -2.24. The van der Waals surface area contributed by atoms with Crippen molar-refractivity contribution in [2.75, 3.05) is 6.61 Å². The number of thiophene rings is 1. The highest BCUT2D eigenvalue weighted by Crippen LogP contribution is 2.38. The molecule has 0 amide bonds. The summed E-state index contributed by atoms with van der Waals surface area (Å²) >= 11 is 1.48.